The summed E-state index contributed by atoms with van der Waals surface area (Å²) < 4.78 is 0. The number of amides is 2. The SMILES string of the molecule is O=C(NCCN1CCN(c2ccccc2)CC1)Nc1ccnc2ccccc12. The van der Waals surface area contributed by atoms with Gasteiger partial charge in [0.1, 0.15) is 0 Å². The first-order chi connectivity index (χ1) is 13.8. The van der Waals surface area contributed by atoms with E-state index in [2.05, 4.69) is 49.7 Å². The molecule has 2 aromatic carbocycles. The predicted molar refractivity (Wildman–Crippen MR) is 114 cm³/mol. The Morgan fingerprint density at radius 2 is 1.68 bits per heavy atom. The van der Waals surface area contributed by atoms with Crippen molar-refractivity contribution in [1.82, 2.24) is 15.2 Å². The Kier molecular flexibility index (Phi) is 5.68. The normalized spacial score (nSPS) is 14.8. The topological polar surface area (TPSA) is 60.5 Å². The third-order valence-electron chi connectivity index (χ3n) is 5.10. The van der Waals surface area contributed by atoms with Gasteiger partial charge in [0.2, 0.25) is 0 Å². The van der Waals surface area contributed by atoms with Crippen LogP contribution in [0.4, 0.5) is 16.2 Å². The van der Waals surface area contributed by atoms with Crippen molar-refractivity contribution in [1.29, 1.82) is 0 Å². The standard InChI is InChI=1S/C22H25N5O/c28-22(25-21-10-11-23-20-9-5-4-8-19(20)21)24-12-13-26-14-16-27(17-15-26)18-6-2-1-3-7-18/h1-11H,12-17H2,(H2,23,24,25,28). The Morgan fingerprint density at radius 3 is 2.50 bits per heavy atom. The molecule has 144 valence electrons. The lowest BCUT2D eigenvalue weighted by atomic mass is 10.2. The van der Waals surface area contributed by atoms with Crippen LogP contribution in [-0.4, -0.2) is 55.2 Å². The number of piperazine rings is 1. The van der Waals surface area contributed by atoms with Crippen molar-refractivity contribution in [3.05, 3.63) is 66.9 Å². The summed E-state index contributed by atoms with van der Waals surface area (Å²) in [6.45, 7) is 5.52. The number of urea groups is 1. The zero-order chi connectivity index (χ0) is 19.2. The van der Waals surface area contributed by atoms with Crippen molar-refractivity contribution in [2.45, 2.75) is 0 Å². The van der Waals surface area contributed by atoms with Gasteiger partial charge in [-0.15, -0.1) is 0 Å². The maximum Gasteiger partial charge on any atom is 0.319 e. The molecule has 6 nitrogen and oxygen atoms in total. The summed E-state index contributed by atoms with van der Waals surface area (Å²) in [5, 5.41) is 6.84. The molecule has 3 aromatic rings. The summed E-state index contributed by atoms with van der Waals surface area (Å²) in [5.41, 5.74) is 2.93. The van der Waals surface area contributed by atoms with Gasteiger partial charge in [0.05, 0.1) is 11.2 Å². The van der Waals surface area contributed by atoms with Crippen molar-refractivity contribution < 1.29 is 4.79 Å². The summed E-state index contributed by atoms with van der Waals surface area (Å²) in [5.74, 6) is 0. The molecule has 4 rings (SSSR count). The number of nitrogens with one attached hydrogen (secondary N) is 2. The van der Waals surface area contributed by atoms with Crippen LogP contribution >= 0.6 is 0 Å². The second kappa shape index (κ2) is 8.71. The summed E-state index contributed by atoms with van der Waals surface area (Å²) >= 11 is 0. The molecule has 0 aliphatic carbocycles. The molecule has 0 bridgehead atoms. The fourth-order valence-corrected chi connectivity index (χ4v) is 3.57. The Labute approximate surface area is 165 Å². The average molecular weight is 375 g/mol. The van der Waals surface area contributed by atoms with E-state index in [1.54, 1.807) is 6.20 Å². The summed E-state index contributed by atoms with van der Waals surface area (Å²) in [7, 11) is 0. The highest BCUT2D eigenvalue weighted by molar-refractivity contribution is 6.00. The van der Waals surface area contributed by atoms with Crippen molar-refractivity contribution in [2.24, 2.45) is 0 Å². The van der Waals surface area contributed by atoms with E-state index in [1.165, 1.54) is 5.69 Å². The second-order valence-corrected chi connectivity index (χ2v) is 6.92. The molecule has 28 heavy (non-hydrogen) atoms. The minimum absolute atomic E-state index is 0.181. The van der Waals surface area contributed by atoms with Crippen molar-refractivity contribution in [3.63, 3.8) is 0 Å². The van der Waals surface area contributed by atoms with Gasteiger partial charge in [-0.25, -0.2) is 4.79 Å². The molecular formula is C22H25N5O. The minimum Gasteiger partial charge on any atom is -0.369 e. The van der Waals surface area contributed by atoms with Crippen LogP contribution in [0, 0.1) is 0 Å². The molecule has 1 aliphatic rings. The highest BCUT2D eigenvalue weighted by atomic mass is 16.2. The van der Waals surface area contributed by atoms with Gasteiger partial charge in [-0.2, -0.15) is 0 Å². The quantitative estimate of drug-likeness (QED) is 0.719. The number of fused-ring (bicyclic) bond motifs is 1. The molecule has 0 saturated carbocycles. The van der Waals surface area contributed by atoms with Crippen LogP contribution in [0.5, 0.6) is 0 Å². The van der Waals surface area contributed by atoms with Crippen LogP contribution < -0.4 is 15.5 Å². The number of pyridine rings is 1. The van der Waals surface area contributed by atoms with E-state index in [9.17, 15) is 4.79 Å². The molecular weight excluding hydrogens is 350 g/mol. The molecule has 0 spiro atoms. The number of hydrogen-bond acceptors (Lipinski definition) is 4. The fourth-order valence-electron chi connectivity index (χ4n) is 3.57. The van der Waals surface area contributed by atoms with Crippen molar-refractivity contribution in [2.75, 3.05) is 49.5 Å². The first-order valence-electron chi connectivity index (χ1n) is 9.70. The number of carbonyl (C=O) groups is 1. The molecule has 1 aliphatic heterocycles. The van der Waals surface area contributed by atoms with Gasteiger partial charge in [-0.1, -0.05) is 36.4 Å². The Morgan fingerprint density at radius 1 is 0.929 bits per heavy atom. The lowest BCUT2D eigenvalue weighted by Crippen LogP contribution is -2.48. The van der Waals surface area contributed by atoms with Gasteiger partial charge in [0, 0.05) is 56.5 Å². The van der Waals surface area contributed by atoms with E-state index in [1.807, 2.05) is 36.4 Å². The number of para-hydroxylation sites is 2. The van der Waals surface area contributed by atoms with E-state index in [4.69, 9.17) is 0 Å². The van der Waals surface area contributed by atoms with E-state index in [-0.39, 0.29) is 6.03 Å². The number of carbonyl (C=O) groups excluding carboxylic acids is 1. The van der Waals surface area contributed by atoms with Gasteiger partial charge >= 0.3 is 6.03 Å². The number of anilines is 2. The fraction of sp³-hybridized carbons (Fsp3) is 0.273. The van der Waals surface area contributed by atoms with Gasteiger partial charge in [0.25, 0.3) is 0 Å². The van der Waals surface area contributed by atoms with Crippen LogP contribution in [0.25, 0.3) is 10.9 Å². The molecule has 0 radical (unpaired) electrons. The van der Waals surface area contributed by atoms with Crippen LogP contribution in [0.2, 0.25) is 0 Å². The molecule has 1 fully saturated rings. The molecule has 2 heterocycles. The van der Waals surface area contributed by atoms with E-state index in [0.29, 0.717) is 6.54 Å². The van der Waals surface area contributed by atoms with E-state index >= 15 is 0 Å². The molecule has 6 heteroatoms. The lowest BCUT2D eigenvalue weighted by molar-refractivity contribution is 0.240. The van der Waals surface area contributed by atoms with Crippen LogP contribution in [0.3, 0.4) is 0 Å². The Hall–Kier alpha value is -3.12. The van der Waals surface area contributed by atoms with Crippen molar-refractivity contribution >= 4 is 28.3 Å². The van der Waals surface area contributed by atoms with E-state index < -0.39 is 0 Å². The molecule has 1 aromatic heterocycles. The third-order valence-corrected chi connectivity index (χ3v) is 5.10. The molecule has 2 N–H and O–H groups in total. The predicted octanol–water partition coefficient (Wildman–Crippen LogP) is 3.18. The minimum atomic E-state index is -0.181. The van der Waals surface area contributed by atoms with Crippen molar-refractivity contribution in [3.8, 4) is 0 Å². The molecule has 2 amide bonds. The number of hydrogen-bond donors (Lipinski definition) is 2. The zero-order valence-electron chi connectivity index (χ0n) is 15.8. The van der Waals surface area contributed by atoms with Gasteiger partial charge in [-0.05, 0) is 24.3 Å². The average Bonchev–Trinajstić information content (AvgIpc) is 2.75. The largest absolute Gasteiger partial charge is 0.369 e. The van der Waals surface area contributed by atoms with Gasteiger partial charge < -0.3 is 15.5 Å². The van der Waals surface area contributed by atoms with Gasteiger partial charge in [0.15, 0.2) is 0 Å². The maximum atomic E-state index is 12.3. The summed E-state index contributed by atoms with van der Waals surface area (Å²) in [4.78, 5) is 21.4. The van der Waals surface area contributed by atoms with Crippen LogP contribution in [0.15, 0.2) is 66.9 Å². The summed E-state index contributed by atoms with van der Waals surface area (Å²) in [6.07, 6.45) is 1.71. The Bertz CT molecular complexity index is 917. The Balaban J connectivity index is 1.22. The van der Waals surface area contributed by atoms with Crippen LogP contribution in [0.1, 0.15) is 0 Å². The highest BCUT2D eigenvalue weighted by Gasteiger charge is 2.16. The molecule has 0 atom stereocenters. The smallest absolute Gasteiger partial charge is 0.319 e. The number of aromatic nitrogens is 1. The first-order valence-corrected chi connectivity index (χ1v) is 9.70. The monoisotopic (exact) mass is 375 g/mol. The maximum absolute atomic E-state index is 12.3. The van der Waals surface area contributed by atoms with Gasteiger partial charge in [-0.3, -0.25) is 9.88 Å². The number of nitrogens with zero attached hydrogens (tertiary/aromatic N) is 3. The lowest BCUT2D eigenvalue weighted by Gasteiger charge is -2.36. The zero-order valence-corrected chi connectivity index (χ0v) is 15.8. The molecule has 1 saturated heterocycles. The first kappa shape index (κ1) is 18.3. The second-order valence-electron chi connectivity index (χ2n) is 6.92. The van der Waals surface area contributed by atoms with E-state index in [0.717, 1.165) is 49.3 Å². The summed E-state index contributed by atoms with van der Waals surface area (Å²) in [6, 6.07) is 20.0. The van der Waals surface area contributed by atoms with Crippen LogP contribution in [-0.2, 0) is 0 Å². The number of benzene rings is 2. The number of rotatable bonds is 5. The third kappa shape index (κ3) is 4.40. The molecule has 0 unspecified atom stereocenters. The highest BCUT2D eigenvalue weighted by Crippen LogP contribution is 2.20.